The third kappa shape index (κ3) is 2.18. The van der Waals surface area contributed by atoms with E-state index in [4.69, 9.17) is 4.74 Å². The topological polar surface area (TPSA) is 26.3 Å². The first kappa shape index (κ1) is 12.7. The average Bonchev–Trinajstić information content (AvgIpc) is 3.09. The van der Waals surface area contributed by atoms with Crippen molar-refractivity contribution in [2.45, 2.75) is 44.9 Å². The van der Waals surface area contributed by atoms with Gasteiger partial charge in [-0.25, -0.2) is 0 Å². The maximum Gasteiger partial charge on any atom is 0.166 e. The van der Waals surface area contributed by atoms with Crippen LogP contribution >= 0.6 is 0 Å². The Morgan fingerprint density at radius 1 is 1.11 bits per heavy atom. The summed E-state index contributed by atoms with van der Waals surface area (Å²) in [6.07, 6.45) is 8.73. The summed E-state index contributed by atoms with van der Waals surface area (Å²) in [6, 6.07) is 7.62. The van der Waals surface area contributed by atoms with E-state index in [0.717, 1.165) is 17.7 Å². The lowest BCUT2D eigenvalue weighted by atomic mass is 9.73. The lowest BCUT2D eigenvalue weighted by Crippen LogP contribution is -2.28. The largest absolute Gasteiger partial charge is 0.497 e. The standard InChI is InChI=1S/C17H22O2/c1-19-14-8-6-13(7-9-14)16(18)15-5-4-12-17(15)10-2-3-11-17/h6-9,15H,2-5,10-12H2,1H3. The fraction of sp³-hybridized carbons (Fsp3) is 0.588. The van der Waals surface area contributed by atoms with E-state index in [2.05, 4.69) is 0 Å². The minimum absolute atomic E-state index is 0.267. The lowest BCUT2D eigenvalue weighted by molar-refractivity contribution is 0.0804. The zero-order chi connectivity index (χ0) is 13.3. The summed E-state index contributed by atoms with van der Waals surface area (Å²) in [6.45, 7) is 0. The second kappa shape index (κ2) is 4.99. The van der Waals surface area contributed by atoms with Gasteiger partial charge in [0.1, 0.15) is 5.75 Å². The SMILES string of the molecule is COc1ccc(C(=O)C2CCCC23CCCC3)cc1. The van der Waals surface area contributed by atoms with Gasteiger partial charge in [0.25, 0.3) is 0 Å². The fourth-order valence-electron chi connectivity index (χ4n) is 4.18. The maximum absolute atomic E-state index is 12.8. The van der Waals surface area contributed by atoms with Crippen molar-refractivity contribution in [3.8, 4) is 5.75 Å². The second-order valence-corrected chi connectivity index (χ2v) is 6.11. The van der Waals surface area contributed by atoms with Crippen LogP contribution in [0.25, 0.3) is 0 Å². The van der Waals surface area contributed by atoms with Gasteiger partial charge in [-0.2, -0.15) is 0 Å². The van der Waals surface area contributed by atoms with Crippen molar-refractivity contribution in [1.82, 2.24) is 0 Å². The van der Waals surface area contributed by atoms with Crippen molar-refractivity contribution in [3.63, 3.8) is 0 Å². The van der Waals surface area contributed by atoms with E-state index < -0.39 is 0 Å². The van der Waals surface area contributed by atoms with E-state index in [0.29, 0.717) is 11.2 Å². The van der Waals surface area contributed by atoms with Crippen molar-refractivity contribution in [1.29, 1.82) is 0 Å². The Bertz CT molecular complexity index is 449. The predicted molar refractivity (Wildman–Crippen MR) is 75.6 cm³/mol. The molecule has 1 spiro atoms. The molecule has 2 saturated carbocycles. The van der Waals surface area contributed by atoms with Crippen molar-refractivity contribution < 1.29 is 9.53 Å². The Hall–Kier alpha value is -1.31. The molecule has 0 aliphatic heterocycles. The van der Waals surface area contributed by atoms with E-state index in [-0.39, 0.29) is 5.92 Å². The molecule has 1 aromatic rings. The molecule has 102 valence electrons. The van der Waals surface area contributed by atoms with Crippen LogP contribution in [-0.2, 0) is 0 Å². The van der Waals surface area contributed by atoms with Gasteiger partial charge >= 0.3 is 0 Å². The normalized spacial score (nSPS) is 24.8. The van der Waals surface area contributed by atoms with Gasteiger partial charge in [-0.15, -0.1) is 0 Å². The van der Waals surface area contributed by atoms with Gasteiger partial charge in [0.05, 0.1) is 7.11 Å². The molecule has 1 unspecified atom stereocenters. The molecule has 3 rings (SSSR count). The Morgan fingerprint density at radius 2 is 1.74 bits per heavy atom. The van der Waals surface area contributed by atoms with E-state index in [1.807, 2.05) is 24.3 Å². The van der Waals surface area contributed by atoms with Crippen LogP contribution in [0.4, 0.5) is 0 Å². The molecular formula is C17H22O2. The van der Waals surface area contributed by atoms with Gasteiger partial charge < -0.3 is 4.74 Å². The monoisotopic (exact) mass is 258 g/mol. The van der Waals surface area contributed by atoms with Gasteiger partial charge in [-0.05, 0) is 55.4 Å². The highest BCUT2D eigenvalue weighted by molar-refractivity contribution is 5.98. The van der Waals surface area contributed by atoms with Crippen LogP contribution in [-0.4, -0.2) is 12.9 Å². The minimum Gasteiger partial charge on any atom is -0.497 e. The Labute approximate surface area is 115 Å². The average molecular weight is 258 g/mol. The third-order valence-corrected chi connectivity index (χ3v) is 5.20. The van der Waals surface area contributed by atoms with Crippen LogP contribution in [0.2, 0.25) is 0 Å². The Morgan fingerprint density at radius 3 is 2.37 bits per heavy atom. The summed E-state index contributed by atoms with van der Waals surface area (Å²) in [5.74, 6) is 1.45. The quantitative estimate of drug-likeness (QED) is 0.758. The van der Waals surface area contributed by atoms with Crippen molar-refractivity contribution >= 4 is 5.78 Å². The summed E-state index contributed by atoms with van der Waals surface area (Å²) in [5, 5.41) is 0. The van der Waals surface area contributed by atoms with Crippen LogP contribution in [0.3, 0.4) is 0 Å². The first-order valence-electron chi connectivity index (χ1n) is 7.43. The van der Waals surface area contributed by atoms with Gasteiger partial charge in [0, 0.05) is 11.5 Å². The highest BCUT2D eigenvalue weighted by Crippen LogP contribution is 2.55. The van der Waals surface area contributed by atoms with Gasteiger partial charge in [0.2, 0.25) is 0 Å². The molecule has 0 saturated heterocycles. The number of hydrogen-bond donors (Lipinski definition) is 0. The Kier molecular flexibility index (Phi) is 3.34. The summed E-state index contributed by atoms with van der Waals surface area (Å²) in [4.78, 5) is 12.8. The molecule has 0 heterocycles. The molecule has 0 amide bonds. The number of rotatable bonds is 3. The maximum atomic E-state index is 12.8. The minimum atomic E-state index is 0.267. The third-order valence-electron chi connectivity index (χ3n) is 5.20. The lowest BCUT2D eigenvalue weighted by Gasteiger charge is -2.30. The first-order valence-corrected chi connectivity index (χ1v) is 7.43. The highest BCUT2D eigenvalue weighted by atomic mass is 16.5. The number of methoxy groups -OCH3 is 1. The number of hydrogen-bond acceptors (Lipinski definition) is 2. The number of benzene rings is 1. The van der Waals surface area contributed by atoms with Crippen LogP contribution < -0.4 is 4.74 Å². The first-order chi connectivity index (χ1) is 9.25. The number of carbonyl (C=O) groups is 1. The van der Waals surface area contributed by atoms with E-state index in [1.165, 1.54) is 38.5 Å². The fourth-order valence-corrected chi connectivity index (χ4v) is 4.18. The molecule has 2 heteroatoms. The van der Waals surface area contributed by atoms with E-state index >= 15 is 0 Å². The molecule has 2 fully saturated rings. The molecule has 0 radical (unpaired) electrons. The van der Waals surface area contributed by atoms with Crippen LogP contribution in [0.15, 0.2) is 24.3 Å². The number of carbonyl (C=O) groups excluding carboxylic acids is 1. The van der Waals surface area contributed by atoms with E-state index in [1.54, 1.807) is 7.11 Å². The molecule has 0 aromatic heterocycles. The molecule has 2 nitrogen and oxygen atoms in total. The molecule has 2 aliphatic carbocycles. The summed E-state index contributed by atoms with van der Waals surface area (Å²) in [7, 11) is 1.65. The molecule has 1 aromatic carbocycles. The number of ketones is 1. The summed E-state index contributed by atoms with van der Waals surface area (Å²) < 4.78 is 5.16. The Balaban J connectivity index is 1.82. The van der Waals surface area contributed by atoms with Gasteiger partial charge in [0.15, 0.2) is 5.78 Å². The zero-order valence-electron chi connectivity index (χ0n) is 11.7. The zero-order valence-corrected chi connectivity index (χ0v) is 11.7. The van der Waals surface area contributed by atoms with Gasteiger partial charge in [-0.1, -0.05) is 19.3 Å². The molecule has 0 N–H and O–H groups in total. The molecule has 19 heavy (non-hydrogen) atoms. The predicted octanol–water partition coefficient (Wildman–Crippen LogP) is 4.24. The van der Waals surface area contributed by atoms with Crippen molar-refractivity contribution in [2.24, 2.45) is 11.3 Å². The van der Waals surface area contributed by atoms with Gasteiger partial charge in [-0.3, -0.25) is 4.79 Å². The molecule has 1 atom stereocenters. The van der Waals surface area contributed by atoms with Crippen LogP contribution in [0, 0.1) is 11.3 Å². The summed E-state index contributed by atoms with van der Waals surface area (Å²) in [5.41, 5.74) is 1.20. The number of Topliss-reactive ketones (excluding diaryl/α,β-unsaturated/α-hetero) is 1. The molecule has 0 bridgehead atoms. The number of ether oxygens (including phenoxy) is 1. The molecular weight excluding hydrogens is 236 g/mol. The van der Waals surface area contributed by atoms with Crippen molar-refractivity contribution in [2.75, 3.05) is 7.11 Å². The van der Waals surface area contributed by atoms with Crippen LogP contribution in [0.5, 0.6) is 5.75 Å². The van der Waals surface area contributed by atoms with E-state index in [9.17, 15) is 4.79 Å². The highest BCUT2D eigenvalue weighted by Gasteiger charge is 2.47. The smallest absolute Gasteiger partial charge is 0.166 e. The summed E-state index contributed by atoms with van der Waals surface area (Å²) >= 11 is 0. The van der Waals surface area contributed by atoms with Crippen molar-refractivity contribution in [3.05, 3.63) is 29.8 Å². The van der Waals surface area contributed by atoms with Crippen LogP contribution in [0.1, 0.15) is 55.3 Å². The molecule has 2 aliphatic rings. The second-order valence-electron chi connectivity index (χ2n) is 6.11.